The predicted molar refractivity (Wildman–Crippen MR) is 115 cm³/mol. The van der Waals surface area contributed by atoms with Crippen LogP contribution in [0, 0.1) is 0 Å². The molecular weight excluding hydrogens is 437 g/mol. The first kappa shape index (κ1) is 23.3. The Balaban J connectivity index is 1.43. The summed E-state index contributed by atoms with van der Waals surface area (Å²) in [5.74, 6) is -0.312. The second-order valence-corrected chi connectivity index (χ2v) is 8.16. The minimum atomic E-state index is -4.70. The van der Waals surface area contributed by atoms with Crippen molar-refractivity contribution in [2.45, 2.75) is 44.8 Å². The van der Waals surface area contributed by atoms with E-state index in [4.69, 9.17) is 4.74 Å². The number of hydrogen-bond donors (Lipinski definition) is 1. The smallest absolute Gasteiger partial charge is 0.406 e. The molecule has 1 aromatic carbocycles. The van der Waals surface area contributed by atoms with Gasteiger partial charge in [-0.25, -0.2) is 0 Å². The zero-order valence-electron chi connectivity index (χ0n) is 18.2. The molecule has 1 atom stereocenters. The van der Waals surface area contributed by atoms with E-state index in [1.54, 1.807) is 23.1 Å². The Bertz CT molecular complexity index is 982. The molecule has 2 aromatic rings. The average Bonchev–Trinajstić information content (AvgIpc) is 3.15. The number of halogens is 3. The number of alkyl halides is 3. The third-order valence-electron chi connectivity index (χ3n) is 5.90. The number of carbonyl (C=O) groups excluding carboxylic acids is 1. The van der Waals surface area contributed by atoms with E-state index in [9.17, 15) is 18.0 Å². The monoisotopic (exact) mass is 464 g/mol. The molecule has 1 aliphatic carbocycles. The minimum absolute atomic E-state index is 0.0711. The number of carbonyl (C=O) groups is 1. The highest BCUT2D eigenvalue weighted by Gasteiger charge is 2.32. The van der Waals surface area contributed by atoms with Crippen LogP contribution in [0.5, 0.6) is 5.75 Å². The van der Waals surface area contributed by atoms with Gasteiger partial charge in [0.25, 0.3) is 5.91 Å². The summed E-state index contributed by atoms with van der Waals surface area (Å²) in [4.78, 5) is 14.9. The van der Waals surface area contributed by atoms with E-state index in [0.29, 0.717) is 51.5 Å². The molecule has 1 aromatic heterocycles. The van der Waals surface area contributed by atoms with Crippen molar-refractivity contribution in [3.8, 4) is 5.75 Å². The molecule has 4 rings (SSSR count). The highest BCUT2D eigenvalue weighted by molar-refractivity contribution is 5.94. The lowest BCUT2D eigenvalue weighted by Gasteiger charge is -2.28. The molecule has 0 saturated carbocycles. The fourth-order valence-electron chi connectivity index (χ4n) is 4.29. The SMILES string of the molecule is C=CCn1nc(C(=O)N2CCOCC2)c2c1CCC(NCc1ccc(OC(F)(F)F)cc1)C2. The van der Waals surface area contributed by atoms with Gasteiger partial charge in [-0.15, -0.1) is 19.8 Å². The highest BCUT2D eigenvalue weighted by atomic mass is 19.4. The molecule has 2 heterocycles. The van der Waals surface area contributed by atoms with Gasteiger partial charge in [-0.3, -0.25) is 9.48 Å². The van der Waals surface area contributed by atoms with Gasteiger partial charge in [-0.05, 0) is 37.0 Å². The second kappa shape index (κ2) is 9.96. The Kier molecular flexibility index (Phi) is 7.04. The van der Waals surface area contributed by atoms with E-state index in [2.05, 4.69) is 21.7 Å². The molecule has 178 valence electrons. The van der Waals surface area contributed by atoms with Crippen LogP contribution < -0.4 is 10.1 Å². The van der Waals surface area contributed by atoms with Crippen molar-refractivity contribution < 1.29 is 27.4 Å². The fourth-order valence-corrected chi connectivity index (χ4v) is 4.29. The number of morpholine rings is 1. The van der Waals surface area contributed by atoms with Crippen LogP contribution in [-0.2, 0) is 30.7 Å². The van der Waals surface area contributed by atoms with Crippen molar-refractivity contribution in [3.63, 3.8) is 0 Å². The number of hydrogen-bond acceptors (Lipinski definition) is 5. The molecular formula is C23H27F3N4O3. The first-order valence-electron chi connectivity index (χ1n) is 11.0. The van der Waals surface area contributed by atoms with Crippen molar-refractivity contribution >= 4 is 5.91 Å². The quantitative estimate of drug-likeness (QED) is 0.638. The van der Waals surface area contributed by atoms with Crippen LogP contribution in [0.2, 0.25) is 0 Å². The number of allylic oxidation sites excluding steroid dienone is 1. The Morgan fingerprint density at radius 3 is 2.67 bits per heavy atom. The van der Waals surface area contributed by atoms with Crippen molar-refractivity contribution in [2.75, 3.05) is 26.3 Å². The number of amides is 1. The molecule has 0 spiro atoms. The van der Waals surface area contributed by atoms with Crippen LogP contribution in [-0.4, -0.2) is 59.3 Å². The van der Waals surface area contributed by atoms with Gasteiger partial charge in [0.1, 0.15) is 5.75 Å². The second-order valence-electron chi connectivity index (χ2n) is 8.16. The van der Waals surface area contributed by atoms with Crippen molar-refractivity contribution in [3.05, 3.63) is 59.4 Å². The van der Waals surface area contributed by atoms with Gasteiger partial charge in [0, 0.05) is 36.9 Å². The van der Waals surface area contributed by atoms with Gasteiger partial charge in [-0.2, -0.15) is 5.10 Å². The zero-order chi connectivity index (χ0) is 23.4. The summed E-state index contributed by atoms with van der Waals surface area (Å²) in [5.41, 5.74) is 3.38. The Morgan fingerprint density at radius 2 is 2.00 bits per heavy atom. The maximum Gasteiger partial charge on any atom is 0.573 e. The summed E-state index contributed by atoms with van der Waals surface area (Å²) in [6.45, 7) is 7.00. The first-order chi connectivity index (χ1) is 15.8. The lowest BCUT2D eigenvalue weighted by atomic mass is 9.90. The van der Waals surface area contributed by atoms with Crippen molar-refractivity contribution in [2.24, 2.45) is 0 Å². The summed E-state index contributed by atoms with van der Waals surface area (Å²) in [6.07, 6.45) is -0.620. The maximum atomic E-state index is 13.2. The van der Waals surface area contributed by atoms with Crippen LogP contribution in [0.1, 0.15) is 33.7 Å². The standard InChI is InChI=1S/C23H27F3N4O3/c1-2-9-30-20-8-5-17(27-15-16-3-6-18(7-4-16)33-23(24,25)26)14-19(20)21(28-30)22(31)29-10-12-32-13-11-29/h2-4,6-7,17,27H,1,5,8-15H2. The topological polar surface area (TPSA) is 68.6 Å². The maximum absolute atomic E-state index is 13.2. The predicted octanol–water partition coefficient (Wildman–Crippen LogP) is 3.09. The Morgan fingerprint density at radius 1 is 1.27 bits per heavy atom. The van der Waals surface area contributed by atoms with Crippen molar-refractivity contribution in [1.82, 2.24) is 20.0 Å². The lowest BCUT2D eigenvalue weighted by Crippen LogP contribution is -2.41. The van der Waals surface area contributed by atoms with Crippen molar-refractivity contribution in [1.29, 1.82) is 0 Å². The van der Waals surface area contributed by atoms with E-state index in [1.165, 1.54) is 12.1 Å². The largest absolute Gasteiger partial charge is 0.573 e. The highest BCUT2D eigenvalue weighted by Crippen LogP contribution is 2.27. The van der Waals surface area contributed by atoms with Crippen LogP contribution in [0.25, 0.3) is 0 Å². The fraction of sp³-hybridized carbons (Fsp3) is 0.478. The third kappa shape index (κ3) is 5.75. The molecule has 1 fully saturated rings. The molecule has 0 bridgehead atoms. The molecule has 1 N–H and O–H groups in total. The van der Waals surface area contributed by atoms with Gasteiger partial charge >= 0.3 is 6.36 Å². The molecule has 0 radical (unpaired) electrons. The molecule has 7 nitrogen and oxygen atoms in total. The summed E-state index contributed by atoms with van der Waals surface area (Å²) < 4.78 is 48.1. The zero-order valence-corrected chi connectivity index (χ0v) is 18.2. The number of nitrogens with one attached hydrogen (secondary N) is 1. The van der Waals surface area contributed by atoms with E-state index in [0.717, 1.165) is 29.7 Å². The summed E-state index contributed by atoms with van der Waals surface area (Å²) in [6, 6.07) is 5.96. The molecule has 1 saturated heterocycles. The Hall–Kier alpha value is -2.85. The molecule has 33 heavy (non-hydrogen) atoms. The van der Waals surface area contributed by atoms with E-state index in [1.807, 2.05) is 4.68 Å². The molecule has 1 aliphatic heterocycles. The Labute approximate surface area is 190 Å². The van der Waals surface area contributed by atoms with E-state index < -0.39 is 6.36 Å². The van der Waals surface area contributed by atoms with Crippen LogP contribution in [0.15, 0.2) is 36.9 Å². The lowest BCUT2D eigenvalue weighted by molar-refractivity contribution is -0.274. The van der Waals surface area contributed by atoms with Gasteiger partial charge in [0.2, 0.25) is 0 Å². The summed E-state index contributed by atoms with van der Waals surface area (Å²) in [7, 11) is 0. The van der Waals surface area contributed by atoms with Gasteiger partial charge < -0.3 is 19.7 Å². The van der Waals surface area contributed by atoms with Gasteiger partial charge in [-0.1, -0.05) is 18.2 Å². The third-order valence-corrected chi connectivity index (χ3v) is 5.90. The van der Waals surface area contributed by atoms with Crippen LogP contribution >= 0.6 is 0 Å². The number of fused-ring (bicyclic) bond motifs is 1. The van der Waals surface area contributed by atoms with E-state index in [-0.39, 0.29) is 17.7 Å². The van der Waals surface area contributed by atoms with E-state index >= 15 is 0 Å². The molecule has 1 unspecified atom stereocenters. The van der Waals surface area contributed by atoms with Crippen LogP contribution in [0.3, 0.4) is 0 Å². The van der Waals surface area contributed by atoms with Gasteiger partial charge in [0.15, 0.2) is 5.69 Å². The molecule has 2 aliphatic rings. The number of aromatic nitrogens is 2. The average molecular weight is 464 g/mol. The van der Waals surface area contributed by atoms with Crippen LogP contribution in [0.4, 0.5) is 13.2 Å². The number of ether oxygens (including phenoxy) is 2. The number of benzene rings is 1. The summed E-state index contributed by atoms with van der Waals surface area (Å²) in [5, 5.41) is 8.10. The van der Waals surface area contributed by atoms with Gasteiger partial charge in [0.05, 0.1) is 19.8 Å². The molecule has 1 amide bonds. The molecule has 10 heteroatoms. The number of rotatable bonds is 7. The normalized spacial score (nSPS) is 18.6. The minimum Gasteiger partial charge on any atom is -0.406 e. The first-order valence-corrected chi connectivity index (χ1v) is 11.0. The summed E-state index contributed by atoms with van der Waals surface area (Å²) >= 11 is 0. The number of nitrogens with zero attached hydrogens (tertiary/aromatic N) is 3.